The van der Waals surface area contributed by atoms with Crippen molar-refractivity contribution >= 4 is 29.8 Å². The summed E-state index contributed by atoms with van der Waals surface area (Å²) in [4.78, 5) is 84.4. The summed E-state index contributed by atoms with van der Waals surface area (Å²) in [7, 11) is 2.54. The van der Waals surface area contributed by atoms with Crippen molar-refractivity contribution in [1.29, 1.82) is 0 Å². The summed E-state index contributed by atoms with van der Waals surface area (Å²) in [6.07, 6.45) is 9.79. The minimum absolute atomic E-state index is 0.130. The number of Topliss-reactive ketones (excluding diaryl/α,β-unsaturated/α-hetero) is 1. The second-order valence-electron chi connectivity index (χ2n) is 16.2. The molecule has 3 fully saturated rings. The average molecular weight is 805 g/mol. The quantitative estimate of drug-likeness (QED) is 0.225. The van der Waals surface area contributed by atoms with E-state index in [1.807, 2.05) is 32.9 Å². The lowest BCUT2D eigenvalue weighted by Gasteiger charge is -2.29. The molecule has 4 heterocycles. The Kier molecular flexibility index (Phi) is 12.1. The first-order chi connectivity index (χ1) is 28.5. The van der Waals surface area contributed by atoms with Crippen molar-refractivity contribution < 1.29 is 33.4 Å². The summed E-state index contributed by atoms with van der Waals surface area (Å²) < 4.78 is 9.47. The number of ketones is 1. The number of benzene rings is 1. The summed E-state index contributed by atoms with van der Waals surface area (Å²) in [6.45, 7) is 6.70. The number of rotatable bonds is 8. The highest BCUT2D eigenvalue weighted by Gasteiger charge is 2.48. The smallest absolute Gasteiger partial charge is 0.407 e. The molecule has 0 bridgehead atoms. The van der Waals surface area contributed by atoms with Gasteiger partial charge in [0.2, 0.25) is 11.8 Å². The molecular formula is C44H52N8O7. The molecule has 4 N–H and O–H groups in total. The molecule has 2 saturated heterocycles. The monoisotopic (exact) mass is 804 g/mol. The number of nitrogens with one attached hydrogen (secondary N) is 4. The van der Waals surface area contributed by atoms with E-state index in [2.05, 4.69) is 54.3 Å². The van der Waals surface area contributed by atoms with Gasteiger partial charge in [-0.3, -0.25) is 14.4 Å². The van der Waals surface area contributed by atoms with Crippen LogP contribution in [0.25, 0.3) is 0 Å². The number of hydrogen-bond donors (Lipinski definition) is 4. The number of aromatic amines is 2. The van der Waals surface area contributed by atoms with E-state index < -0.39 is 29.7 Å². The number of amides is 4. The van der Waals surface area contributed by atoms with E-state index in [0.717, 1.165) is 62.5 Å². The van der Waals surface area contributed by atoms with Gasteiger partial charge in [-0.15, -0.1) is 0 Å². The molecule has 15 nitrogen and oxygen atoms in total. The molecule has 4 atom stereocenters. The van der Waals surface area contributed by atoms with E-state index >= 15 is 0 Å². The number of imidazole rings is 2. The maximum Gasteiger partial charge on any atom is 0.407 e. The fourth-order valence-corrected chi connectivity index (χ4v) is 9.11. The van der Waals surface area contributed by atoms with Crippen LogP contribution in [0.3, 0.4) is 0 Å². The Labute approximate surface area is 344 Å². The molecule has 1 aromatic carbocycles. The molecule has 1 saturated carbocycles. The Morgan fingerprint density at radius 2 is 1.36 bits per heavy atom. The van der Waals surface area contributed by atoms with Gasteiger partial charge < -0.3 is 39.9 Å². The number of hydrogen-bond acceptors (Lipinski definition) is 9. The van der Waals surface area contributed by atoms with Crippen molar-refractivity contribution in [2.45, 2.75) is 109 Å². The third-order valence-electron chi connectivity index (χ3n) is 12.2. The zero-order valence-electron chi connectivity index (χ0n) is 34.3. The highest BCUT2D eigenvalue weighted by atomic mass is 16.5. The van der Waals surface area contributed by atoms with Gasteiger partial charge in [0.15, 0.2) is 5.78 Å². The van der Waals surface area contributed by atoms with Gasteiger partial charge in [-0.25, -0.2) is 19.6 Å². The van der Waals surface area contributed by atoms with Gasteiger partial charge in [-0.2, -0.15) is 0 Å². The molecule has 4 unspecified atom stereocenters. The number of H-pyrrole nitrogens is 2. The van der Waals surface area contributed by atoms with Crippen molar-refractivity contribution in [2.75, 3.05) is 27.3 Å². The van der Waals surface area contributed by atoms with E-state index in [9.17, 15) is 24.0 Å². The highest BCUT2D eigenvalue weighted by molar-refractivity contribution is 6.07. The summed E-state index contributed by atoms with van der Waals surface area (Å²) in [5.74, 6) is 13.9. The lowest BCUT2D eigenvalue weighted by Crippen LogP contribution is -2.51. The van der Waals surface area contributed by atoms with Gasteiger partial charge in [0.25, 0.3) is 0 Å². The average Bonchev–Trinajstić information content (AvgIpc) is 4.10. The Morgan fingerprint density at radius 1 is 0.814 bits per heavy atom. The third-order valence-corrected chi connectivity index (χ3v) is 12.2. The van der Waals surface area contributed by atoms with Crippen LogP contribution in [0.15, 0.2) is 24.5 Å². The van der Waals surface area contributed by atoms with E-state index in [4.69, 9.17) is 9.47 Å². The Morgan fingerprint density at radius 3 is 1.92 bits per heavy atom. The van der Waals surface area contributed by atoms with Gasteiger partial charge in [0.05, 0.1) is 38.7 Å². The van der Waals surface area contributed by atoms with Gasteiger partial charge >= 0.3 is 12.2 Å². The van der Waals surface area contributed by atoms with E-state index in [1.54, 1.807) is 22.2 Å². The molecule has 59 heavy (non-hydrogen) atoms. The molecule has 15 heteroatoms. The second-order valence-corrected chi connectivity index (χ2v) is 16.2. The topological polar surface area (TPSA) is 192 Å². The molecule has 7 rings (SSSR count). The Balaban J connectivity index is 1.11. The number of alkyl carbamates (subject to hydrolysis) is 2. The molecule has 4 amide bonds. The number of likely N-dealkylation sites (tertiary alicyclic amines) is 2. The highest BCUT2D eigenvalue weighted by Crippen LogP contribution is 2.50. The largest absolute Gasteiger partial charge is 0.453 e. The molecule has 2 aromatic heterocycles. The fourth-order valence-electron chi connectivity index (χ4n) is 9.11. The van der Waals surface area contributed by atoms with Crippen LogP contribution in [-0.4, -0.2) is 98.9 Å². The SMILES string of the molecule is CCC(NC(=O)OC)C(=O)N1CCCC1c1ncc(C#Cc2ccc(C#Cc3cnc(C4CCCN4C(=O)C(NC(=O)OC)C(C)C)[nH]3)c3c2C(=O)C2(CCCC2)C3)[nH]1. The molecule has 0 radical (unpaired) electrons. The van der Waals surface area contributed by atoms with Crippen LogP contribution in [0.1, 0.15) is 141 Å². The maximum atomic E-state index is 14.2. The molecule has 2 aliphatic carbocycles. The number of nitrogens with zero attached hydrogens (tertiary/aromatic N) is 4. The van der Waals surface area contributed by atoms with E-state index in [1.165, 1.54) is 14.2 Å². The van der Waals surface area contributed by atoms with Crippen LogP contribution in [0.5, 0.6) is 0 Å². The van der Waals surface area contributed by atoms with Gasteiger partial charge in [-0.1, -0.05) is 45.5 Å². The third kappa shape index (κ3) is 8.29. The van der Waals surface area contributed by atoms with Crippen LogP contribution in [0.2, 0.25) is 0 Å². The van der Waals surface area contributed by atoms with E-state index in [0.29, 0.717) is 60.1 Å². The summed E-state index contributed by atoms with van der Waals surface area (Å²) in [5.41, 5.74) is 3.68. The Bertz CT molecular complexity index is 2250. The first-order valence-electron chi connectivity index (χ1n) is 20.6. The lowest BCUT2D eigenvalue weighted by atomic mass is 9.82. The first kappa shape index (κ1) is 41.1. The van der Waals surface area contributed by atoms with Crippen LogP contribution < -0.4 is 10.6 Å². The maximum absolute atomic E-state index is 14.2. The van der Waals surface area contributed by atoms with Crippen LogP contribution in [0.4, 0.5) is 9.59 Å². The summed E-state index contributed by atoms with van der Waals surface area (Å²) in [5, 5.41) is 5.31. The zero-order chi connectivity index (χ0) is 41.8. The van der Waals surface area contributed by atoms with Crippen LogP contribution in [-0.2, 0) is 25.5 Å². The molecular weight excluding hydrogens is 753 g/mol. The standard InChI is InChI=1S/C44H52N8O7/c1-6-32(49-42(56)58-4)40(54)51-21-9-11-33(51)38-45-25-30(48-38)18-16-28-14-13-27(31-23-44(19-7-8-20-44)37(53)35(28)31)15-17-29-24-46-39(47-29)34-12-10-22-52(34)41(55)36(26(2)3)50-43(57)59-5/h13-14,24-26,32-34,36H,6-12,19-23H2,1-5H3,(H,45,48)(H,46,47)(H,49,56)(H,50,57). The zero-order valence-corrected chi connectivity index (χ0v) is 34.3. The number of carbonyl (C=O) groups excluding carboxylic acids is 5. The second kappa shape index (κ2) is 17.4. The molecule has 310 valence electrons. The van der Waals surface area contributed by atoms with Crippen molar-refractivity contribution in [3.05, 3.63) is 69.8 Å². The predicted octanol–water partition coefficient (Wildman–Crippen LogP) is 5.07. The number of carbonyl (C=O) groups is 5. The minimum atomic E-state index is -0.729. The van der Waals surface area contributed by atoms with Crippen LogP contribution >= 0.6 is 0 Å². The van der Waals surface area contributed by atoms with Crippen molar-refractivity contribution in [3.8, 4) is 23.7 Å². The lowest BCUT2D eigenvalue weighted by molar-refractivity contribution is -0.135. The van der Waals surface area contributed by atoms with Crippen molar-refractivity contribution in [3.63, 3.8) is 0 Å². The minimum Gasteiger partial charge on any atom is -0.453 e. The van der Waals surface area contributed by atoms with Gasteiger partial charge in [0.1, 0.15) is 35.1 Å². The number of methoxy groups -OCH3 is 2. The number of aromatic nitrogens is 4. The molecule has 2 aliphatic heterocycles. The Hall–Kier alpha value is -6.09. The normalized spacial score (nSPS) is 20.1. The molecule has 1 spiro atoms. The predicted molar refractivity (Wildman–Crippen MR) is 216 cm³/mol. The first-order valence-corrected chi connectivity index (χ1v) is 20.6. The fraction of sp³-hybridized carbons (Fsp3) is 0.523. The summed E-state index contributed by atoms with van der Waals surface area (Å²) in [6, 6.07) is 1.80. The van der Waals surface area contributed by atoms with Crippen molar-refractivity contribution in [2.24, 2.45) is 11.3 Å². The number of fused-ring (bicyclic) bond motifs is 1. The number of ether oxygens (including phenoxy) is 2. The van der Waals surface area contributed by atoms with Gasteiger partial charge in [-0.05, 0) is 86.8 Å². The van der Waals surface area contributed by atoms with Crippen LogP contribution in [0, 0.1) is 35.0 Å². The summed E-state index contributed by atoms with van der Waals surface area (Å²) >= 11 is 0. The van der Waals surface area contributed by atoms with E-state index in [-0.39, 0.29) is 35.6 Å². The molecule has 3 aromatic rings. The van der Waals surface area contributed by atoms with Crippen molar-refractivity contribution in [1.82, 2.24) is 40.4 Å². The molecule has 4 aliphatic rings. The van der Waals surface area contributed by atoms with Gasteiger partial charge in [0, 0.05) is 35.2 Å².